The van der Waals surface area contributed by atoms with Gasteiger partial charge >= 0.3 is 0 Å². The number of hydrogen-bond donors (Lipinski definition) is 1. The van der Waals surface area contributed by atoms with Crippen LogP contribution in [-0.4, -0.2) is 29.7 Å². The molecule has 0 aliphatic rings. The van der Waals surface area contributed by atoms with Crippen LogP contribution < -0.4 is 5.56 Å². The Bertz CT molecular complexity index is 1150. The topological polar surface area (TPSA) is 68.5 Å². The van der Waals surface area contributed by atoms with E-state index < -0.39 is 6.10 Å². The summed E-state index contributed by atoms with van der Waals surface area (Å²) in [6, 6.07) is 12.8. The Balaban J connectivity index is 0.00000166. The summed E-state index contributed by atoms with van der Waals surface area (Å²) >= 11 is 9.57. The first kappa shape index (κ1) is 25.0. The first-order valence-electron chi connectivity index (χ1n) is 9.56. The van der Waals surface area contributed by atoms with E-state index in [1.54, 1.807) is 25.2 Å². The molecule has 5 nitrogen and oxygen atoms in total. The molecule has 3 aromatic rings. The lowest BCUT2D eigenvalue weighted by molar-refractivity contribution is -0.118. The number of aromatic nitrogens is 1. The van der Waals surface area contributed by atoms with Crippen molar-refractivity contribution in [2.24, 2.45) is 7.05 Å². The largest absolute Gasteiger partial charge is 0.400 e. The number of halogens is 2. The molecule has 1 atom stereocenters. The maximum absolute atomic E-state index is 13.0. The Kier molecular flexibility index (Phi) is 9.19. The number of benzene rings is 2. The van der Waals surface area contributed by atoms with E-state index in [4.69, 9.17) is 21.4 Å². The number of fused-ring (bicyclic) bond motifs is 1. The lowest BCUT2D eigenvalue weighted by Crippen LogP contribution is -2.25. The highest BCUT2D eigenvalue weighted by atomic mass is 79.9. The Morgan fingerprint density at radius 3 is 2.39 bits per heavy atom. The molecule has 31 heavy (non-hydrogen) atoms. The fraction of sp³-hybridized carbons (Fsp3) is 0.250. The summed E-state index contributed by atoms with van der Waals surface area (Å²) in [5, 5.41) is 8.92. The zero-order chi connectivity index (χ0) is 23.1. The highest BCUT2D eigenvalue weighted by molar-refractivity contribution is 9.10. The van der Waals surface area contributed by atoms with Gasteiger partial charge in [-0.3, -0.25) is 4.79 Å². The molecule has 0 saturated heterocycles. The van der Waals surface area contributed by atoms with Crippen molar-refractivity contribution in [3.05, 3.63) is 79.7 Å². The van der Waals surface area contributed by atoms with Gasteiger partial charge in [-0.05, 0) is 55.1 Å². The molecule has 3 rings (SSSR count). The predicted octanol–water partition coefficient (Wildman–Crippen LogP) is 5.45. The van der Waals surface area contributed by atoms with Crippen LogP contribution in [0.1, 0.15) is 25.6 Å². The molecular formula is C24H25BrClNO4. The second-order valence-corrected chi connectivity index (χ2v) is 8.34. The number of aldehydes is 1. The van der Waals surface area contributed by atoms with E-state index >= 15 is 0 Å². The lowest BCUT2D eigenvalue weighted by Gasteiger charge is -2.22. The normalized spacial score (nSPS) is 11.5. The number of ether oxygens (including phenoxy) is 1. The van der Waals surface area contributed by atoms with Crippen LogP contribution in [0, 0.1) is 0 Å². The number of allylic oxidation sites excluding steroid dienone is 1. The first-order valence-corrected chi connectivity index (χ1v) is 10.7. The Morgan fingerprint density at radius 2 is 1.81 bits per heavy atom. The summed E-state index contributed by atoms with van der Waals surface area (Å²) in [5.41, 5.74) is 3.04. The average Bonchev–Trinajstić information content (AvgIpc) is 2.76. The highest BCUT2D eigenvalue weighted by Crippen LogP contribution is 2.36. The van der Waals surface area contributed by atoms with E-state index in [-0.39, 0.29) is 12.2 Å². The zero-order valence-electron chi connectivity index (χ0n) is 17.9. The number of rotatable bonds is 6. The van der Waals surface area contributed by atoms with E-state index in [2.05, 4.69) is 15.9 Å². The van der Waals surface area contributed by atoms with Crippen LogP contribution in [-0.2, 0) is 16.6 Å². The second-order valence-electron chi connectivity index (χ2n) is 6.99. The van der Waals surface area contributed by atoms with Crippen LogP contribution in [0.25, 0.3) is 21.9 Å². The highest BCUT2D eigenvalue weighted by Gasteiger charge is 2.24. The first-order chi connectivity index (χ1) is 14.8. The maximum Gasteiger partial charge on any atom is 0.258 e. The molecule has 1 N–H and O–H groups in total. The monoisotopic (exact) mass is 505 g/mol. The molecule has 0 amide bonds. The van der Waals surface area contributed by atoms with Gasteiger partial charge in [0.05, 0.1) is 12.3 Å². The number of carbonyl (C=O) groups is 1. The third-order valence-corrected chi connectivity index (χ3v) is 5.44. The van der Waals surface area contributed by atoms with Gasteiger partial charge in [0.1, 0.15) is 0 Å². The number of nitrogens with zero attached hydrogens (tertiary/aromatic N) is 1. The Morgan fingerprint density at radius 1 is 1.16 bits per heavy atom. The molecule has 0 spiro atoms. The summed E-state index contributed by atoms with van der Waals surface area (Å²) in [6.45, 7) is 4.19. The standard InChI is InChI=1S/C23H21BrClNO3.CH4O/c1-14(2)10-11-29-20(13-27)22-21(15-4-7-17(25)8-5-15)19-12-16(24)6-9-18(19)23(28)26(22)3;1-2/h4-10,12-13,20H,11H2,1-3H3;2H,1H3. The third kappa shape index (κ3) is 5.71. The van der Waals surface area contributed by atoms with Gasteiger partial charge in [-0.25, -0.2) is 0 Å². The van der Waals surface area contributed by atoms with Crippen LogP contribution in [0.15, 0.2) is 63.4 Å². The van der Waals surface area contributed by atoms with Crippen molar-refractivity contribution in [1.82, 2.24) is 4.57 Å². The fourth-order valence-corrected chi connectivity index (χ4v) is 3.75. The number of pyridine rings is 1. The fourth-order valence-electron chi connectivity index (χ4n) is 3.26. The third-order valence-electron chi connectivity index (χ3n) is 4.70. The van der Waals surface area contributed by atoms with Gasteiger partial charge in [0.2, 0.25) is 0 Å². The number of hydrogen-bond acceptors (Lipinski definition) is 4. The van der Waals surface area contributed by atoms with Crippen molar-refractivity contribution in [3.8, 4) is 11.1 Å². The molecule has 7 heteroatoms. The summed E-state index contributed by atoms with van der Waals surface area (Å²) in [5.74, 6) is 0. The number of aliphatic hydroxyl groups excluding tert-OH is 1. The molecule has 0 aliphatic carbocycles. The molecule has 164 valence electrons. The summed E-state index contributed by atoms with van der Waals surface area (Å²) < 4.78 is 8.19. The van der Waals surface area contributed by atoms with Crippen molar-refractivity contribution in [2.75, 3.05) is 13.7 Å². The molecule has 1 unspecified atom stereocenters. The van der Waals surface area contributed by atoms with Crippen molar-refractivity contribution in [2.45, 2.75) is 20.0 Å². The van der Waals surface area contributed by atoms with Crippen molar-refractivity contribution < 1.29 is 14.6 Å². The summed E-state index contributed by atoms with van der Waals surface area (Å²) in [7, 11) is 2.67. The number of carbonyl (C=O) groups excluding carboxylic acids is 1. The predicted molar refractivity (Wildman–Crippen MR) is 130 cm³/mol. The molecule has 1 heterocycles. The van der Waals surface area contributed by atoms with E-state index in [0.29, 0.717) is 16.1 Å². The van der Waals surface area contributed by atoms with Gasteiger partial charge in [0.15, 0.2) is 12.4 Å². The van der Waals surface area contributed by atoms with E-state index in [1.165, 1.54) is 4.57 Å². The SMILES string of the molecule is CC(C)=CCOC(C=O)c1c(-c2ccc(Cl)cc2)c2cc(Br)ccc2c(=O)n1C.CO. The molecule has 2 aromatic carbocycles. The van der Waals surface area contributed by atoms with Gasteiger partial charge < -0.3 is 19.2 Å². The van der Waals surface area contributed by atoms with Crippen molar-refractivity contribution in [3.63, 3.8) is 0 Å². The van der Waals surface area contributed by atoms with Crippen LogP contribution in [0.2, 0.25) is 5.02 Å². The minimum atomic E-state index is -0.891. The van der Waals surface area contributed by atoms with Crippen molar-refractivity contribution >= 4 is 44.6 Å². The minimum absolute atomic E-state index is 0.183. The molecule has 0 saturated carbocycles. The summed E-state index contributed by atoms with van der Waals surface area (Å²) in [6.07, 6.45) is 1.74. The van der Waals surface area contributed by atoms with Gasteiger partial charge in [-0.15, -0.1) is 0 Å². The maximum atomic E-state index is 13.0. The van der Waals surface area contributed by atoms with Crippen LogP contribution in [0.4, 0.5) is 0 Å². The van der Waals surface area contributed by atoms with Crippen LogP contribution in [0.3, 0.4) is 0 Å². The Labute approximate surface area is 195 Å². The summed E-state index contributed by atoms with van der Waals surface area (Å²) in [4.78, 5) is 25.0. The molecule has 0 fully saturated rings. The van der Waals surface area contributed by atoms with E-state index in [9.17, 15) is 9.59 Å². The van der Waals surface area contributed by atoms with Crippen molar-refractivity contribution in [1.29, 1.82) is 0 Å². The molecule has 1 aromatic heterocycles. The minimum Gasteiger partial charge on any atom is -0.400 e. The average molecular weight is 507 g/mol. The smallest absolute Gasteiger partial charge is 0.258 e. The Hall–Kier alpha value is -2.25. The van der Waals surface area contributed by atoms with Gasteiger partial charge in [-0.2, -0.15) is 0 Å². The zero-order valence-corrected chi connectivity index (χ0v) is 20.2. The number of aliphatic hydroxyl groups is 1. The molecule has 0 aliphatic heterocycles. The van der Waals surface area contributed by atoms with E-state index in [1.807, 2.05) is 44.2 Å². The van der Waals surface area contributed by atoms with Crippen LogP contribution in [0.5, 0.6) is 0 Å². The van der Waals surface area contributed by atoms with Crippen LogP contribution >= 0.6 is 27.5 Å². The molecular weight excluding hydrogens is 482 g/mol. The van der Waals surface area contributed by atoms with Gasteiger partial charge in [0.25, 0.3) is 5.56 Å². The molecule has 0 radical (unpaired) electrons. The van der Waals surface area contributed by atoms with Gasteiger partial charge in [-0.1, -0.05) is 51.3 Å². The lowest BCUT2D eigenvalue weighted by atomic mass is 9.95. The second kappa shape index (κ2) is 11.4. The van der Waals surface area contributed by atoms with E-state index in [0.717, 1.165) is 40.0 Å². The van der Waals surface area contributed by atoms with Gasteiger partial charge in [0, 0.05) is 34.6 Å². The molecule has 0 bridgehead atoms. The quantitative estimate of drug-likeness (QED) is 0.356.